The molecule has 0 heterocycles. The van der Waals surface area contributed by atoms with E-state index in [1.165, 1.54) is 0 Å². The molecule has 0 saturated heterocycles. The van der Waals surface area contributed by atoms with Gasteiger partial charge in [0.25, 0.3) is 0 Å². The van der Waals surface area contributed by atoms with Gasteiger partial charge in [0.15, 0.2) is 11.7 Å². The highest BCUT2D eigenvalue weighted by molar-refractivity contribution is 5.21. The van der Waals surface area contributed by atoms with Crippen molar-refractivity contribution in [1.82, 2.24) is 0 Å². The molecule has 0 N–H and O–H groups in total. The second kappa shape index (κ2) is 2.98. The van der Waals surface area contributed by atoms with Crippen LogP contribution in [0.25, 0.3) is 0 Å². The first-order chi connectivity index (χ1) is 4.76. The summed E-state index contributed by atoms with van der Waals surface area (Å²) in [4.78, 5) is 0. The normalized spacial score (nSPS) is 14.4. The van der Waals surface area contributed by atoms with Crippen molar-refractivity contribution in [2.45, 2.75) is 6.18 Å². The lowest BCUT2D eigenvalue weighted by atomic mass is 10.4. The van der Waals surface area contributed by atoms with Gasteiger partial charge in [0.05, 0.1) is 0 Å². The maximum absolute atomic E-state index is 11.7. The molecule has 0 amide bonds. The quantitative estimate of drug-likeness (QED) is 0.425. The standard InChI is InChI=1S/C5H2F6/c1-2(6)3(7)4(8)5(9,10)11/h1H2/b4-3+. The van der Waals surface area contributed by atoms with Crippen LogP contribution in [-0.2, 0) is 0 Å². The summed E-state index contributed by atoms with van der Waals surface area (Å²) < 4.78 is 68.4. The first-order valence-corrected chi connectivity index (χ1v) is 2.24. The van der Waals surface area contributed by atoms with Crippen molar-refractivity contribution in [2.75, 3.05) is 0 Å². The zero-order chi connectivity index (χ0) is 9.23. The molecule has 0 bridgehead atoms. The topological polar surface area (TPSA) is 0 Å². The van der Waals surface area contributed by atoms with E-state index in [1.54, 1.807) is 0 Å². The highest BCUT2D eigenvalue weighted by Gasteiger charge is 2.38. The summed E-state index contributed by atoms with van der Waals surface area (Å²) in [5.74, 6) is -7.80. The van der Waals surface area contributed by atoms with Gasteiger partial charge in [0.2, 0.25) is 5.83 Å². The van der Waals surface area contributed by atoms with E-state index < -0.39 is 23.7 Å². The minimum atomic E-state index is -5.50. The third-order valence-corrected chi connectivity index (χ3v) is 0.680. The summed E-state index contributed by atoms with van der Waals surface area (Å²) in [6, 6.07) is 0. The smallest absolute Gasteiger partial charge is 0.204 e. The lowest BCUT2D eigenvalue weighted by molar-refractivity contribution is -0.111. The number of hydrogen-bond acceptors (Lipinski definition) is 0. The van der Waals surface area contributed by atoms with E-state index in [1.807, 2.05) is 0 Å². The van der Waals surface area contributed by atoms with Gasteiger partial charge in [0, 0.05) is 0 Å². The van der Waals surface area contributed by atoms with Crippen molar-refractivity contribution < 1.29 is 26.3 Å². The molecule has 0 rings (SSSR count). The Bertz CT molecular complexity index is 198. The lowest BCUT2D eigenvalue weighted by Crippen LogP contribution is -2.09. The van der Waals surface area contributed by atoms with Crippen molar-refractivity contribution >= 4 is 0 Å². The van der Waals surface area contributed by atoms with E-state index in [2.05, 4.69) is 6.58 Å². The molecule has 0 nitrogen and oxygen atoms in total. The van der Waals surface area contributed by atoms with Crippen LogP contribution in [0, 0.1) is 0 Å². The molecule has 0 aromatic heterocycles. The van der Waals surface area contributed by atoms with Crippen LogP contribution in [0.3, 0.4) is 0 Å². The average molecular weight is 176 g/mol. The van der Waals surface area contributed by atoms with Crippen LogP contribution in [-0.4, -0.2) is 6.18 Å². The molecule has 6 heteroatoms. The Labute approximate surface area is 57.8 Å². The predicted octanol–water partition coefficient (Wildman–Crippen LogP) is 3.18. The van der Waals surface area contributed by atoms with E-state index in [4.69, 9.17) is 0 Å². The molecule has 11 heavy (non-hydrogen) atoms. The van der Waals surface area contributed by atoms with Gasteiger partial charge in [-0.2, -0.15) is 17.6 Å². The van der Waals surface area contributed by atoms with E-state index in [9.17, 15) is 26.3 Å². The Balaban J connectivity index is 4.82. The van der Waals surface area contributed by atoms with Gasteiger partial charge in [-0.25, -0.2) is 8.78 Å². The van der Waals surface area contributed by atoms with E-state index in [0.29, 0.717) is 0 Å². The van der Waals surface area contributed by atoms with Crippen LogP contribution >= 0.6 is 0 Å². The summed E-state index contributed by atoms with van der Waals surface area (Å²) in [6.45, 7) is 2.15. The average Bonchev–Trinajstić information content (AvgIpc) is 1.82. The van der Waals surface area contributed by atoms with Gasteiger partial charge < -0.3 is 0 Å². The SMILES string of the molecule is C=C(F)/C(F)=C(\F)C(F)(F)F. The Kier molecular flexibility index (Phi) is 2.72. The predicted molar refractivity (Wildman–Crippen MR) is 25.5 cm³/mol. The molecule has 0 aromatic carbocycles. The third-order valence-electron chi connectivity index (χ3n) is 0.680. The minimum Gasteiger partial charge on any atom is -0.204 e. The monoisotopic (exact) mass is 176 g/mol. The van der Waals surface area contributed by atoms with Gasteiger partial charge in [-0.3, -0.25) is 0 Å². The molecule has 0 aromatic rings. The number of alkyl halides is 3. The molecular weight excluding hydrogens is 174 g/mol. The molecule has 0 atom stereocenters. The third kappa shape index (κ3) is 2.65. The molecule has 64 valence electrons. The van der Waals surface area contributed by atoms with Crippen LogP contribution in [0.1, 0.15) is 0 Å². The first-order valence-electron chi connectivity index (χ1n) is 2.24. The second-order valence-electron chi connectivity index (χ2n) is 1.53. The van der Waals surface area contributed by atoms with Crippen molar-refractivity contribution in [3.8, 4) is 0 Å². The van der Waals surface area contributed by atoms with Gasteiger partial charge in [-0.05, 0) is 0 Å². The summed E-state index contributed by atoms with van der Waals surface area (Å²) >= 11 is 0. The first kappa shape index (κ1) is 10.1. The lowest BCUT2D eigenvalue weighted by Gasteiger charge is -2.02. The fourth-order valence-corrected chi connectivity index (χ4v) is 0.244. The molecule has 0 unspecified atom stereocenters. The van der Waals surface area contributed by atoms with Crippen LogP contribution in [0.2, 0.25) is 0 Å². The van der Waals surface area contributed by atoms with E-state index in [-0.39, 0.29) is 0 Å². The highest BCUT2D eigenvalue weighted by Crippen LogP contribution is 2.32. The Morgan fingerprint density at radius 3 is 1.45 bits per heavy atom. The molecule has 0 aliphatic carbocycles. The minimum absolute atomic E-state index is 2.08. The maximum atomic E-state index is 11.7. The highest BCUT2D eigenvalue weighted by atomic mass is 19.4. The van der Waals surface area contributed by atoms with Crippen LogP contribution in [0.15, 0.2) is 24.1 Å². The van der Waals surface area contributed by atoms with Gasteiger partial charge in [-0.1, -0.05) is 6.58 Å². The van der Waals surface area contributed by atoms with Crippen molar-refractivity contribution in [3.05, 3.63) is 24.1 Å². The molecule has 0 saturated carbocycles. The van der Waals surface area contributed by atoms with Crippen molar-refractivity contribution in [2.24, 2.45) is 0 Å². The molecule has 0 fully saturated rings. The fraction of sp³-hybridized carbons (Fsp3) is 0.200. The summed E-state index contributed by atoms with van der Waals surface area (Å²) in [5.41, 5.74) is 0. The summed E-state index contributed by atoms with van der Waals surface area (Å²) in [7, 11) is 0. The van der Waals surface area contributed by atoms with Crippen LogP contribution in [0.4, 0.5) is 26.3 Å². The molecular formula is C5H2F6. The zero-order valence-corrected chi connectivity index (χ0v) is 4.97. The largest absolute Gasteiger partial charge is 0.446 e. The van der Waals surface area contributed by atoms with Gasteiger partial charge in [0.1, 0.15) is 0 Å². The Morgan fingerprint density at radius 1 is 1.00 bits per heavy atom. The Morgan fingerprint density at radius 2 is 1.36 bits per heavy atom. The zero-order valence-electron chi connectivity index (χ0n) is 4.97. The summed E-state index contributed by atoms with van der Waals surface area (Å²) in [5, 5.41) is 0. The van der Waals surface area contributed by atoms with E-state index >= 15 is 0 Å². The number of allylic oxidation sites excluding steroid dienone is 3. The van der Waals surface area contributed by atoms with Crippen LogP contribution < -0.4 is 0 Å². The van der Waals surface area contributed by atoms with Crippen LogP contribution in [0.5, 0.6) is 0 Å². The molecule has 0 spiro atoms. The molecule has 0 aliphatic rings. The van der Waals surface area contributed by atoms with Crippen molar-refractivity contribution in [3.63, 3.8) is 0 Å². The number of halogens is 6. The summed E-state index contributed by atoms with van der Waals surface area (Å²) in [6.07, 6.45) is -5.50. The van der Waals surface area contributed by atoms with Crippen molar-refractivity contribution in [1.29, 1.82) is 0 Å². The number of rotatable bonds is 1. The maximum Gasteiger partial charge on any atom is 0.446 e. The van der Waals surface area contributed by atoms with E-state index in [0.717, 1.165) is 0 Å². The molecule has 0 radical (unpaired) electrons. The number of hydrogen-bond donors (Lipinski definition) is 0. The second-order valence-corrected chi connectivity index (χ2v) is 1.53. The Hall–Kier alpha value is -0.940. The molecule has 0 aliphatic heterocycles. The van der Waals surface area contributed by atoms with Gasteiger partial charge >= 0.3 is 6.18 Å². The van der Waals surface area contributed by atoms with Gasteiger partial charge in [-0.15, -0.1) is 0 Å². The fourth-order valence-electron chi connectivity index (χ4n) is 0.244.